The lowest BCUT2D eigenvalue weighted by molar-refractivity contribution is 0.314. The number of nitrogens with one attached hydrogen (secondary N) is 1. The van der Waals surface area contributed by atoms with Crippen LogP contribution in [-0.4, -0.2) is 26.3 Å². The highest BCUT2D eigenvalue weighted by Crippen LogP contribution is 2.16. The summed E-state index contributed by atoms with van der Waals surface area (Å²) in [5, 5.41) is 0. The fourth-order valence-corrected chi connectivity index (χ4v) is 2.94. The molecule has 0 aliphatic carbocycles. The maximum absolute atomic E-state index is 11.7. The molecule has 0 spiro atoms. The molecular formula is C10H24N2O2S. The van der Waals surface area contributed by atoms with Crippen LogP contribution in [0.5, 0.6) is 0 Å². The van der Waals surface area contributed by atoms with Gasteiger partial charge in [0.2, 0.25) is 10.0 Å². The van der Waals surface area contributed by atoms with Crippen LogP contribution < -0.4 is 10.5 Å². The summed E-state index contributed by atoms with van der Waals surface area (Å²) in [5.41, 5.74) is 5.08. The van der Waals surface area contributed by atoms with Crippen LogP contribution >= 0.6 is 0 Å². The molecule has 0 saturated heterocycles. The molecule has 0 amide bonds. The van der Waals surface area contributed by atoms with Gasteiger partial charge in [-0.25, -0.2) is 13.1 Å². The van der Waals surface area contributed by atoms with Gasteiger partial charge in [0.25, 0.3) is 0 Å². The Morgan fingerprint density at radius 1 is 1.40 bits per heavy atom. The van der Waals surface area contributed by atoms with Gasteiger partial charge in [0, 0.05) is 12.1 Å². The molecule has 1 unspecified atom stereocenters. The van der Waals surface area contributed by atoms with Crippen LogP contribution in [0, 0.1) is 5.92 Å². The van der Waals surface area contributed by atoms with Crippen molar-refractivity contribution in [3.63, 3.8) is 0 Å². The molecule has 0 radical (unpaired) electrons. The van der Waals surface area contributed by atoms with Gasteiger partial charge in [-0.05, 0) is 19.3 Å². The van der Waals surface area contributed by atoms with Crippen LogP contribution in [0.25, 0.3) is 0 Å². The molecule has 0 bridgehead atoms. The van der Waals surface area contributed by atoms with Crippen molar-refractivity contribution in [3.05, 3.63) is 0 Å². The summed E-state index contributed by atoms with van der Waals surface area (Å²) in [4.78, 5) is 0. The highest BCUT2D eigenvalue weighted by molar-refractivity contribution is 7.89. The molecule has 0 aliphatic heterocycles. The molecule has 0 rings (SSSR count). The van der Waals surface area contributed by atoms with Gasteiger partial charge in [-0.2, -0.15) is 0 Å². The maximum Gasteiger partial charge on any atom is 0.212 e. The molecule has 0 aromatic heterocycles. The van der Waals surface area contributed by atoms with Crippen LogP contribution in [0.1, 0.15) is 40.5 Å². The fraction of sp³-hybridized carbons (Fsp3) is 1.00. The van der Waals surface area contributed by atoms with Crippen molar-refractivity contribution in [3.8, 4) is 0 Å². The summed E-state index contributed by atoms with van der Waals surface area (Å²) in [6.45, 7) is 8.07. The van der Waals surface area contributed by atoms with Crippen molar-refractivity contribution >= 4 is 10.0 Å². The third-order valence-corrected chi connectivity index (χ3v) is 4.46. The first-order chi connectivity index (χ1) is 6.77. The molecule has 0 heterocycles. The normalized spacial score (nSPS) is 16.7. The van der Waals surface area contributed by atoms with E-state index in [1.807, 2.05) is 27.7 Å². The summed E-state index contributed by atoms with van der Waals surface area (Å²) in [6.07, 6.45) is 1.57. The van der Waals surface area contributed by atoms with Gasteiger partial charge in [0.15, 0.2) is 0 Å². The molecule has 15 heavy (non-hydrogen) atoms. The predicted molar refractivity (Wildman–Crippen MR) is 64.1 cm³/mol. The van der Waals surface area contributed by atoms with Crippen molar-refractivity contribution in [2.45, 2.75) is 46.1 Å². The van der Waals surface area contributed by atoms with Crippen LogP contribution in [0.4, 0.5) is 0 Å². The Kier molecular flexibility index (Phi) is 5.77. The minimum Gasteiger partial charge on any atom is -0.329 e. The zero-order valence-corrected chi connectivity index (χ0v) is 11.0. The Morgan fingerprint density at radius 3 is 2.27 bits per heavy atom. The summed E-state index contributed by atoms with van der Waals surface area (Å²) < 4.78 is 26.1. The standard InChI is InChI=1S/C10H24N2O2S/c1-5-6-7-15(13,14)12-10(4,8-11)9(2)3/h9,12H,5-8,11H2,1-4H3. The minimum atomic E-state index is -3.19. The number of nitrogens with two attached hydrogens (primary N) is 1. The molecular weight excluding hydrogens is 212 g/mol. The van der Waals surface area contributed by atoms with Gasteiger partial charge in [-0.3, -0.25) is 0 Å². The highest BCUT2D eigenvalue weighted by atomic mass is 32.2. The fourth-order valence-electron chi connectivity index (χ4n) is 1.14. The highest BCUT2D eigenvalue weighted by Gasteiger charge is 2.31. The lowest BCUT2D eigenvalue weighted by Gasteiger charge is -2.33. The average Bonchev–Trinajstić information content (AvgIpc) is 2.13. The van der Waals surface area contributed by atoms with Crippen LogP contribution in [0.2, 0.25) is 0 Å². The summed E-state index contributed by atoms with van der Waals surface area (Å²) in [7, 11) is -3.19. The van der Waals surface area contributed by atoms with Crippen molar-refractivity contribution < 1.29 is 8.42 Å². The molecule has 4 nitrogen and oxygen atoms in total. The molecule has 5 heteroatoms. The third kappa shape index (κ3) is 4.95. The van der Waals surface area contributed by atoms with E-state index in [1.165, 1.54) is 0 Å². The first kappa shape index (κ1) is 14.9. The van der Waals surface area contributed by atoms with E-state index >= 15 is 0 Å². The van der Waals surface area contributed by atoms with Crippen molar-refractivity contribution in [2.24, 2.45) is 11.7 Å². The molecule has 92 valence electrons. The van der Waals surface area contributed by atoms with Crippen LogP contribution in [-0.2, 0) is 10.0 Å². The summed E-state index contributed by atoms with van der Waals surface area (Å²) in [6, 6.07) is 0. The lowest BCUT2D eigenvalue weighted by Crippen LogP contribution is -2.55. The number of hydrogen-bond acceptors (Lipinski definition) is 3. The SMILES string of the molecule is CCCCS(=O)(=O)NC(C)(CN)C(C)C. The van der Waals surface area contributed by atoms with Gasteiger partial charge >= 0.3 is 0 Å². The second kappa shape index (κ2) is 5.82. The Labute approximate surface area is 93.7 Å². The molecule has 0 saturated carbocycles. The minimum absolute atomic E-state index is 0.180. The van der Waals surface area contributed by atoms with Gasteiger partial charge in [0.05, 0.1) is 5.75 Å². The Bertz CT molecular complexity index is 275. The Morgan fingerprint density at radius 2 is 1.93 bits per heavy atom. The van der Waals surface area contributed by atoms with Gasteiger partial charge in [-0.1, -0.05) is 27.2 Å². The number of hydrogen-bond donors (Lipinski definition) is 2. The Balaban J connectivity index is 4.54. The summed E-state index contributed by atoms with van der Waals surface area (Å²) in [5.74, 6) is 0.366. The topological polar surface area (TPSA) is 72.2 Å². The first-order valence-electron chi connectivity index (χ1n) is 5.49. The van der Waals surface area contributed by atoms with Crippen LogP contribution in [0.15, 0.2) is 0 Å². The van der Waals surface area contributed by atoms with Crippen molar-refractivity contribution in [2.75, 3.05) is 12.3 Å². The largest absolute Gasteiger partial charge is 0.329 e. The third-order valence-electron chi connectivity index (χ3n) is 2.85. The Hall–Kier alpha value is -0.130. The van der Waals surface area contributed by atoms with Crippen LogP contribution in [0.3, 0.4) is 0 Å². The zero-order chi connectivity index (χ0) is 12.1. The first-order valence-corrected chi connectivity index (χ1v) is 7.14. The monoisotopic (exact) mass is 236 g/mol. The molecule has 0 aromatic carbocycles. The smallest absolute Gasteiger partial charge is 0.212 e. The average molecular weight is 236 g/mol. The van der Waals surface area contributed by atoms with Crippen molar-refractivity contribution in [1.82, 2.24) is 4.72 Å². The molecule has 0 aliphatic rings. The van der Waals surface area contributed by atoms with E-state index in [0.717, 1.165) is 6.42 Å². The number of rotatable bonds is 7. The lowest BCUT2D eigenvalue weighted by atomic mass is 9.90. The molecule has 0 fully saturated rings. The van der Waals surface area contributed by atoms with E-state index < -0.39 is 15.6 Å². The van der Waals surface area contributed by atoms with Gasteiger partial charge in [0.1, 0.15) is 0 Å². The van der Waals surface area contributed by atoms with E-state index in [9.17, 15) is 8.42 Å². The maximum atomic E-state index is 11.7. The molecule has 0 aromatic rings. The van der Waals surface area contributed by atoms with E-state index in [4.69, 9.17) is 5.73 Å². The number of sulfonamides is 1. The van der Waals surface area contributed by atoms with Crippen molar-refractivity contribution in [1.29, 1.82) is 0 Å². The molecule has 3 N–H and O–H groups in total. The van der Waals surface area contributed by atoms with Gasteiger partial charge < -0.3 is 5.73 Å². The second-order valence-electron chi connectivity index (χ2n) is 4.55. The van der Waals surface area contributed by atoms with E-state index in [0.29, 0.717) is 13.0 Å². The zero-order valence-electron chi connectivity index (χ0n) is 10.2. The quantitative estimate of drug-likeness (QED) is 0.695. The van der Waals surface area contributed by atoms with E-state index in [2.05, 4.69) is 4.72 Å². The van der Waals surface area contributed by atoms with E-state index in [1.54, 1.807) is 0 Å². The van der Waals surface area contributed by atoms with Gasteiger partial charge in [-0.15, -0.1) is 0 Å². The second-order valence-corrected chi connectivity index (χ2v) is 6.39. The number of unbranched alkanes of at least 4 members (excludes halogenated alkanes) is 1. The summed E-state index contributed by atoms with van der Waals surface area (Å²) >= 11 is 0. The molecule has 1 atom stereocenters. The van der Waals surface area contributed by atoms with E-state index in [-0.39, 0.29) is 11.7 Å². The predicted octanol–water partition coefficient (Wildman–Crippen LogP) is 1.08.